The fourth-order valence-electron chi connectivity index (χ4n) is 2.47. The van der Waals surface area contributed by atoms with Crippen LogP contribution >= 0.6 is 0 Å². The van der Waals surface area contributed by atoms with Crippen molar-refractivity contribution in [1.82, 2.24) is 4.90 Å². The molecule has 0 aromatic heterocycles. The molecule has 0 aromatic carbocycles. The van der Waals surface area contributed by atoms with Crippen LogP contribution in [0.5, 0.6) is 0 Å². The van der Waals surface area contributed by atoms with Crippen LogP contribution in [-0.2, 0) is 0 Å². The molecule has 0 unspecified atom stereocenters. The molecule has 1 aliphatic heterocycles. The lowest BCUT2D eigenvalue weighted by atomic mass is 9.91. The Labute approximate surface area is 89.2 Å². The summed E-state index contributed by atoms with van der Waals surface area (Å²) in [7, 11) is 2.24. The average Bonchev–Trinajstić information content (AvgIpc) is 2.23. The molecule has 0 bridgehead atoms. The fraction of sp³-hybridized carbons (Fsp3) is 0.846. The minimum atomic E-state index is 0.319. The van der Waals surface area contributed by atoms with E-state index in [1.54, 1.807) is 11.3 Å². The largest absolute Gasteiger partial charge is 0.372 e. The van der Waals surface area contributed by atoms with Crippen LogP contribution < -0.4 is 0 Å². The summed E-state index contributed by atoms with van der Waals surface area (Å²) in [5.41, 5.74) is 3.55. The molecular formula is C13H25N. The van der Waals surface area contributed by atoms with E-state index in [9.17, 15) is 0 Å². The molecular weight excluding hydrogens is 170 g/mol. The zero-order valence-corrected chi connectivity index (χ0v) is 10.8. The third-order valence-electron chi connectivity index (χ3n) is 3.47. The Morgan fingerprint density at radius 3 is 1.86 bits per heavy atom. The van der Waals surface area contributed by atoms with Crippen molar-refractivity contribution >= 4 is 0 Å². The summed E-state index contributed by atoms with van der Waals surface area (Å²) in [6.07, 6.45) is 1.23. The highest BCUT2D eigenvalue weighted by atomic mass is 15.2. The lowest BCUT2D eigenvalue weighted by Crippen LogP contribution is -2.36. The van der Waals surface area contributed by atoms with Crippen LogP contribution in [0.25, 0.3) is 0 Å². The molecule has 0 N–H and O–H groups in total. The molecule has 14 heavy (non-hydrogen) atoms. The predicted octanol–water partition coefficient (Wildman–Crippen LogP) is 3.67. The zero-order chi connectivity index (χ0) is 11.1. The van der Waals surface area contributed by atoms with Gasteiger partial charge in [0, 0.05) is 18.3 Å². The van der Waals surface area contributed by atoms with E-state index in [0.29, 0.717) is 17.4 Å². The molecule has 0 fully saturated rings. The molecule has 1 rings (SSSR count). The first-order chi connectivity index (χ1) is 6.27. The maximum absolute atomic E-state index is 2.48. The van der Waals surface area contributed by atoms with Crippen molar-refractivity contribution in [3.8, 4) is 0 Å². The van der Waals surface area contributed by atoms with Gasteiger partial charge in [0.15, 0.2) is 0 Å². The van der Waals surface area contributed by atoms with Gasteiger partial charge in [0.05, 0.1) is 0 Å². The third-order valence-corrected chi connectivity index (χ3v) is 3.47. The van der Waals surface area contributed by atoms with Crippen LogP contribution in [-0.4, -0.2) is 17.5 Å². The standard InChI is InChI=1S/C13H25N/c1-9(2)11-8-13(5,6)14(7)12(11)10(3)4/h9-10H,8H2,1-7H3. The van der Waals surface area contributed by atoms with E-state index in [0.717, 1.165) is 0 Å². The summed E-state index contributed by atoms with van der Waals surface area (Å²) in [5.74, 6) is 1.34. The van der Waals surface area contributed by atoms with Gasteiger partial charge in [0.1, 0.15) is 0 Å². The Morgan fingerprint density at radius 2 is 1.57 bits per heavy atom. The Bertz CT molecular complexity index is 246. The van der Waals surface area contributed by atoms with Crippen LogP contribution in [0.3, 0.4) is 0 Å². The smallest absolute Gasteiger partial charge is 0.0377 e. The first-order valence-corrected chi connectivity index (χ1v) is 5.74. The summed E-state index contributed by atoms with van der Waals surface area (Å²) >= 11 is 0. The highest BCUT2D eigenvalue weighted by Gasteiger charge is 2.36. The fourth-order valence-corrected chi connectivity index (χ4v) is 2.47. The van der Waals surface area contributed by atoms with Crippen molar-refractivity contribution in [1.29, 1.82) is 0 Å². The molecule has 0 spiro atoms. The van der Waals surface area contributed by atoms with E-state index in [2.05, 4.69) is 53.5 Å². The van der Waals surface area contributed by atoms with Gasteiger partial charge in [-0.2, -0.15) is 0 Å². The maximum Gasteiger partial charge on any atom is 0.0377 e. The molecule has 0 atom stereocenters. The van der Waals surface area contributed by atoms with Crippen LogP contribution in [0, 0.1) is 11.8 Å². The van der Waals surface area contributed by atoms with E-state index in [4.69, 9.17) is 0 Å². The molecule has 82 valence electrons. The molecule has 1 heterocycles. The first kappa shape index (κ1) is 11.6. The van der Waals surface area contributed by atoms with Crippen LogP contribution in [0.15, 0.2) is 11.3 Å². The molecule has 1 heteroatoms. The zero-order valence-electron chi connectivity index (χ0n) is 10.8. The molecule has 0 saturated carbocycles. The van der Waals surface area contributed by atoms with E-state index in [1.807, 2.05) is 0 Å². The molecule has 0 aliphatic carbocycles. The molecule has 0 saturated heterocycles. The number of nitrogens with zero attached hydrogens (tertiary/aromatic N) is 1. The monoisotopic (exact) mass is 195 g/mol. The number of allylic oxidation sites excluding steroid dienone is 1. The molecule has 0 radical (unpaired) electrons. The predicted molar refractivity (Wildman–Crippen MR) is 63.2 cm³/mol. The van der Waals surface area contributed by atoms with Gasteiger partial charge in [-0.3, -0.25) is 0 Å². The quantitative estimate of drug-likeness (QED) is 0.650. The second kappa shape index (κ2) is 3.60. The van der Waals surface area contributed by atoms with Crippen molar-refractivity contribution in [2.75, 3.05) is 7.05 Å². The minimum Gasteiger partial charge on any atom is -0.372 e. The van der Waals surface area contributed by atoms with Gasteiger partial charge in [-0.1, -0.05) is 27.7 Å². The van der Waals surface area contributed by atoms with Crippen LogP contribution in [0.1, 0.15) is 48.0 Å². The molecule has 1 nitrogen and oxygen atoms in total. The first-order valence-electron chi connectivity index (χ1n) is 5.74. The van der Waals surface area contributed by atoms with Crippen molar-refractivity contribution in [3.05, 3.63) is 11.3 Å². The molecule has 0 amide bonds. The van der Waals surface area contributed by atoms with Crippen LogP contribution in [0.2, 0.25) is 0 Å². The second-order valence-electron chi connectivity index (χ2n) is 5.77. The Hall–Kier alpha value is -0.460. The highest BCUT2D eigenvalue weighted by molar-refractivity contribution is 5.27. The summed E-state index contributed by atoms with van der Waals surface area (Å²) < 4.78 is 0. The van der Waals surface area contributed by atoms with Gasteiger partial charge in [-0.15, -0.1) is 0 Å². The minimum absolute atomic E-state index is 0.319. The van der Waals surface area contributed by atoms with E-state index >= 15 is 0 Å². The topological polar surface area (TPSA) is 3.24 Å². The highest BCUT2D eigenvalue weighted by Crippen LogP contribution is 2.41. The third kappa shape index (κ3) is 1.82. The van der Waals surface area contributed by atoms with E-state index in [1.165, 1.54) is 6.42 Å². The van der Waals surface area contributed by atoms with E-state index in [-0.39, 0.29) is 0 Å². The van der Waals surface area contributed by atoms with Crippen molar-refractivity contribution in [2.45, 2.75) is 53.5 Å². The van der Waals surface area contributed by atoms with Gasteiger partial charge in [-0.05, 0) is 37.7 Å². The van der Waals surface area contributed by atoms with Gasteiger partial charge in [-0.25, -0.2) is 0 Å². The summed E-state index contributed by atoms with van der Waals surface area (Å²) in [6, 6.07) is 0. The normalized spacial score (nSPS) is 21.6. The molecule has 0 aromatic rings. The lowest BCUT2D eigenvalue weighted by molar-refractivity contribution is 0.218. The van der Waals surface area contributed by atoms with Gasteiger partial charge < -0.3 is 4.90 Å². The SMILES string of the molecule is CC(C)C1=C(C(C)C)N(C)C(C)(C)C1. The summed E-state index contributed by atoms with van der Waals surface area (Å²) in [6.45, 7) is 13.9. The Morgan fingerprint density at radius 1 is 1.07 bits per heavy atom. The maximum atomic E-state index is 2.48. The summed E-state index contributed by atoms with van der Waals surface area (Å²) in [5, 5.41) is 0. The summed E-state index contributed by atoms with van der Waals surface area (Å²) in [4.78, 5) is 2.48. The van der Waals surface area contributed by atoms with E-state index < -0.39 is 0 Å². The number of hydrogen-bond acceptors (Lipinski definition) is 1. The van der Waals surface area contributed by atoms with Crippen LogP contribution in [0.4, 0.5) is 0 Å². The van der Waals surface area contributed by atoms with Gasteiger partial charge in [0.2, 0.25) is 0 Å². The number of hydrogen-bond donors (Lipinski definition) is 0. The van der Waals surface area contributed by atoms with Crippen molar-refractivity contribution in [3.63, 3.8) is 0 Å². The lowest BCUT2D eigenvalue weighted by Gasteiger charge is -2.33. The van der Waals surface area contributed by atoms with Gasteiger partial charge >= 0.3 is 0 Å². The Kier molecular flexibility index (Phi) is 2.99. The van der Waals surface area contributed by atoms with Crippen molar-refractivity contribution in [2.24, 2.45) is 11.8 Å². The van der Waals surface area contributed by atoms with Gasteiger partial charge in [0.25, 0.3) is 0 Å². The molecule has 1 aliphatic rings. The average molecular weight is 195 g/mol. The number of rotatable bonds is 2. The van der Waals surface area contributed by atoms with Crippen molar-refractivity contribution < 1.29 is 0 Å². The second-order valence-corrected chi connectivity index (χ2v) is 5.77. The Balaban J connectivity index is 3.07.